The molecule has 0 spiro atoms. The van der Waals surface area contributed by atoms with E-state index >= 15 is 0 Å². The largest absolute Gasteiger partial charge is 0.478 e. The van der Waals surface area contributed by atoms with Crippen LogP contribution < -0.4 is 9.04 Å². The summed E-state index contributed by atoms with van der Waals surface area (Å²) in [5.41, 5.74) is 1.47. The molecule has 1 aromatic carbocycles. The minimum Gasteiger partial charge on any atom is -0.478 e. The third-order valence-corrected chi connectivity index (χ3v) is 5.77. The van der Waals surface area contributed by atoms with Gasteiger partial charge in [-0.1, -0.05) is 6.07 Å². The van der Waals surface area contributed by atoms with E-state index in [0.717, 1.165) is 37.9 Å². The normalized spacial score (nSPS) is 21.7. The quantitative estimate of drug-likeness (QED) is 0.816. The topological polar surface area (TPSA) is 66.9 Å². The van der Waals surface area contributed by atoms with Crippen molar-refractivity contribution in [3.63, 3.8) is 0 Å². The standard InChI is InChI=1S/C17H24N2O4S/c1-13-6-7-15-14(12-13)19(24(2,21)22)11-8-16(23-15)17(20)18-9-4-3-5-10-18/h6-7,12,16H,3-5,8-11H2,1-2H3/t16-/m0/s1. The van der Waals surface area contributed by atoms with Crippen LogP contribution in [-0.4, -0.2) is 51.2 Å². The van der Waals surface area contributed by atoms with Crippen molar-refractivity contribution in [2.24, 2.45) is 0 Å². The van der Waals surface area contributed by atoms with Crippen LogP contribution in [0.4, 0.5) is 5.69 Å². The molecule has 0 aliphatic carbocycles. The highest BCUT2D eigenvalue weighted by atomic mass is 32.2. The van der Waals surface area contributed by atoms with Crippen molar-refractivity contribution in [1.29, 1.82) is 0 Å². The number of amides is 1. The zero-order valence-electron chi connectivity index (χ0n) is 14.2. The van der Waals surface area contributed by atoms with Crippen molar-refractivity contribution in [1.82, 2.24) is 4.90 Å². The molecule has 0 saturated carbocycles. The fraction of sp³-hybridized carbons (Fsp3) is 0.588. The molecule has 2 aliphatic heterocycles. The molecule has 1 aromatic rings. The highest BCUT2D eigenvalue weighted by Crippen LogP contribution is 2.35. The predicted octanol–water partition coefficient (Wildman–Crippen LogP) is 1.92. The number of fused-ring (bicyclic) bond motifs is 1. The fourth-order valence-corrected chi connectivity index (χ4v) is 4.26. The number of carbonyl (C=O) groups excluding carboxylic acids is 1. The lowest BCUT2D eigenvalue weighted by atomic mass is 10.1. The Balaban J connectivity index is 1.90. The second kappa shape index (κ2) is 6.63. The lowest BCUT2D eigenvalue weighted by Gasteiger charge is -2.30. The zero-order valence-corrected chi connectivity index (χ0v) is 15.0. The number of carbonyl (C=O) groups is 1. The maximum absolute atomic E-state index is 12.8. The smallest absolute Gasteiger partial charge is 0.263 e. The Kier molecular flexibility index (Phi) is 4.71. The summed E-state index contributed by atoms with van der Waals surface area (Å²) in [6.45, 7) is 3.67. The molecular formula is C17H24N2O4S. The Morgan fingerprint density at radius 3 is 2.54 bits per heavy atom. The molecule has 0 bridgehead atoms. The molecule has 1 amide bonds. The van der Waals surface area contributed by atoms with Gasteiger partial charge in [0.2, 0.25) is 10.0 Å². The van der Waals surface area contributed by atoms with Gasteiger partial charge in [0.15, 0.2) is 6.10 Å². The number of sulfonamides is 1. The van der Waals surface area contributed by atoms with E-state index in [0.29, 0.717) is 17.9 Å². The number of benzene rings is 1. The third kappa shape index (κ3) is 3.50. The maximum atomic E-state index is 12.8. The summed E-state index contributed by atoms with van der Waals surface area (Å²) in [4.78, 5) is 14.6. The van der Waals surface area contributed by atoms with Gasteiger partial charge in [-0.05, 0) is 43.9 Å². The van der Waals surface area contributed by atoms with Gasteiger partial charge in [-0.25, -0.2) is 8.42 Å². The van der Waals surface area contributed by atoms with Crippen molar-refractivity contribution in [2.45, 2.75) is 38.7 Å². The first-order valence-corrected chi connectivity index (χ1v) is 10.2. The van der Waals surface area contributed by atoms with Gasteiger partial charge < -0.3 is 9.64 Å². The van der Waals surface area contributed by atoms with Gasteiger partial charge in [0.1, 0.15) is 5.75 Å². The molecule has 7 heteroatoms. The van der Waals surface area contributed by atoms with Gasteiger partial charge in [0.05, 0.1) is 11.9 Å². The number of aryl methyl sites for hydroxylation is 1. The number of piperidine rings is 1. The van der Waals surface area contributed by atoms with Crippen LogP contribution in [-0.2, 0) is 14.8 Å². The van der Waals surface area contributed by atoms with Crippen molar-refractivity contribution in [3.8, 4) is 5.75 Å². The van der Waals surface area contributed by atoms with E-state index in [-0.39, 0.29) is 12.5 Å². The first-order valence-electron chi connectivity index (χ1n) is 8.40. The number of hydrogen-bond acceptors (Lipinski definition) is 4. The number of nitrogens with zero attached hydrogens (tertiary/aromatic N) is 2. The molecule has 1 fully saturated rings. The van der Waals surface area contributed by atoms with Gasteiger partial charge in [0.25, 0.3) is 5.91 Å². The van der Waals surface area contributed by atoms with Gasteiger partial charge in [-0.2, -0.15) is 0 Å². The average molecular weight is 352 g/mol. The van der Waals surface area contributed by atoms with Crippen LogP contribution in [0.3, 0.4) is 0 Å². The van der Waals surface area contributed by atoms with Crippen LogP contribution in [0, 0.1) is 6.92 Å². The van der Waals surface area contributed by atoms with Crippen LogP contribution in [0.15, 0.2) is 18.2 Å². The summed E-state index contributed by atoms with van der Waals surface area (Å²) < 4.78 is 31.6. The number of likely N-dealkylation sites (tertiary alicyclic amines) is 1. The summed E-state index contributed by atoms with van der Waals surface area (Å²) in [5, 5.41) is 0. The molecule has 2 heterocycles. The van der Waals surface area contributed by atoms with Crippen LogP contribution in [0.5, 0.6) is 5.75 Å². The second-order valence-corrected chi connectivity index (χ2v) is 8.49. The van der Waals surface area contributed by atoms with E-state index in [4.69, 9.17) is 4.74 Å². The summed E-state index contributed by atoms with van der Waals surface area (Å²) in [6.07, 6.45) is 4.10. The number of rotatable bonds is 2. The lowest BCUT2D eigenvalue weighted by molar-refractivity contribution is -0.139. The molecule has 6 nitrogen and oxygen atoms in total. The predicted molar refractivity (Wildman–Crippen MR) is 92.8 cm³/mol. The third-order valence-electron chi connectivity index (χ3n) is 4.59. The molecule has 2 aliphatic rings. The van der Waals surface area contributed by atoms with Crippen molar-refractivity contribution in [3.05, 3.63) is 23.8 Å². The molecule has 3 rings (SSSR count). The Hall–Kier alpha value is -1.76. The Labute approximate surface area is 143 Å². The van der Waals surface area contributed by atoms with Gasteiger partial charge in [-0.15, -0.1) is 0 Å². The maximum Gasteiger partial charge on any atom is 0.263 e. The second-order valence-electron chi connectivity index (χ2n) is 6.59. The molecule has 132 valence electrons. The van der Waals surface area contributed by atoms with Gasteiger partial charge >= 0.3 is 0 Å². The minimum atomic E-state index is -3.42. The molecule has 0 unspecified atom stereocenters. The summed E-state index contributed by atoms with van der Waals surface area (Å²) >= 11 is 0. The minimum absolute atomic E-state index is 0.0309. The van der Waals surface area contributed by atoms with Crippen molar-refractivity contribution in [2.75, 3.05) is 30.2 Å². The first-order chi connectivity index (χ1) is 11.4. The van der Waals surface area contributed by atoms with Crippen LogP contribution in [0.1, 0.15) is 31.2 Å². The molecular weight excluding hydrogens is 328 g/mol. The monoisotopic (exact) mass is 352 g/mol. The SMILES string of the molecule is Cc1ccc2c(c1)N(S(C)(=O)=O)CC[C@@H](C(=O)N1CCCCC1)O2. The zero-order chi connectivity index (χ0) is 17.3. The number of anilines is 1. The molecule has 1 atom stereocenters. The molecule has 24 heavy (non-hydrogen) atoms. The first kappa shape index (κ1) is 17.1. The van der Waals surface area contributed by atoms with Gasteiger partial charge in [0, 0.05) is 26.1 Å². The highest BCUT2D eigenvalue weighted by Gasteiger charge is 2.33. The van der Waals surface area contributed by atoms with E-state index in [9.17, 15) is 13.2 Å². The van der Waals surface area contributed by atoms with Crippen molar-refractivity contribution < 1.29 is 17.9 Å². The number of hydrogen-bond donors (Lipinski definition) is 0. The highest BCUT2D eigenvalue weighted by molar-refractivity contribution is 7.92. The van der Waals surface area contributed by atoms with Crippen LogP contribution in [0.25, 0.3) is 0 Å². The van der Waals surface area contributed by atoms with E-state index in [1.165, 1.54) is 10.6 Å². The van der Waals surface area contributed by atoms with E-state index in [1.807, 2.05) is 17.9 Å². The van der Waals surface area contributed by atoms with Crippen LogP contribution in [0.2, 0.25) is 0 Å². The Morgan fingerprint density at radius 1 is 1.17 bits per heavy atom. The number of ether oxygens (including phenoxy) is 1. The Morgan fingerprint density at radius 2 is 1.88 bits per heavy atom. The van der Waals surface area contributed by atoms with Crippen LogP contribution >= 0.6 is 0 Å². The van der Waals surface area contributed by atoms with E-state index in [2.05, 4.69) is 0 Å². The van der Waals surface area contributed by atoms with Gasteiger partial charge in [-0.3, -0.25) is 9.10 Å². The molecule has 1 saturated heterocycles. The summed E-state index contributed by atoms with van der Waals surface area (Å²) in [7, 11) is -3.42. The Bertz CT molecular complexity index is 726. The summed E-state index contributed by atoms with van der Waals surface area (Å²) in [5.74, 6) is 0.426. The van der Waals surface area contributed by atoms with E-state index < -0.39 is 16.1 Å². The molecule has 0 aromatic heterocycles. The fourth-order valence-electron chi connectivity index (χ4n) is 3.33. The average Bonchev–Trinajstić information content (AvgIpc) is 2.74. The van der Waals surface area contributed by atoms with E-state index in [1.54, 1.807) is 12.1 Å². The molecule has 0 radical (unpaired) electrons. The molecule has 0 N–H and O–H groups in total. The van der Waals surface area contributed by atoms with Crippen molar-refractivity contribution >= 4 is 21.6 Å². The summed E-state index contributed by atoms with van der Waals surface area (Å²) in [6, 6.07) is 5.42. The lowest BCUT2D eigenvalue weighted by Crippen LogP contribution is -2.45.